The van der Waals surface area contributed by atoms with Crippen molar-refractivity contribution in [1.82, 2.24) is 14.3 Å². The fourth-order valence-corrected chi connectivity index (χ4v) is 1.86. The summed E-state index contributed by atoms with van der Waals surface area (Å²) >= 11 is 0. The van der Waals surface area contributed by atoms with E-state index in [2.05, 4.69) is 5.10 Å². The number of alkyl halides is 6. The van der Waals surface area contributed by atoms with Crippen molar-refractivity contribution in [3.05, 3.63) is 51.7 Å². The van der Waals surface area contributed by atoms with Crippen LogP contribution >= 0.6 is 0 Å². The fourth-order valence-electron chi connectivity index (χ4n) is 1.86. The van der Waals surface area contributed by atoms with E-state index in [1.807, 2.05) is 0 Å². The van der Waals surface area contributed by atoms with E-state index in [4.69, 9.17) is 0 Å². The Hall–Kier alpha value is -2.26. The molecule has 22 heavy (non-hydrogen) atoms. The van der Waals surface area contributed by atoms with Gasteiger partial charge in [-0.15, -0.1) is 5.10 Å². The van der Waals surface area contributed by atoms with Crippen LogP contribution in [-0.2, 0) is 25.9 Å². The standard InChI is InChI=1S/C12H9F6N3O/c1-20-9(12(16,17)18)19-21(10(20)22)6-7-3-2-4-8(5-7)11(13,14)15/h2-5H,6H2,1H3. The highest BCUT2D eigenvalue weighted by Gasteiger charge is 2.38. The van der Waals surface area contributed by atoms with Crippen molar-refractivity contribution in [3.63, 3.8) is 0 Å². The zero-order valence-electron chi connectivity index (χ0n) is 11.0. The summed E-state index contributed by atoms with van der Waals surface area (Å²) in [4.78, 5) is 11.7. The molecule has 120 valence electrons. The van der Waals surface area contributed by atoms with Gasteiger partial charge in [0.2, 0.25) is 5.82 Å². The Morgan fingerprint density at radius 1 is 1.09 bits per heavy atom. The van der Waals surface area contributed by atoms with Crippen LogP contribution in [0.3, 0.4) is 0 Å². The van der Waals surface area contributed by atoms with E-state index in [-0.39, 0.29) is 5.56 Å². The van der Waals surface area contributed by atoms with Gasteiger partial charge in [-0.2, -0.15) is 26.3 Å². The Balaban J connectivity index is 2.39. The van der Waals surface area contributed by atoms with Gasteiger partial charge in [0.15, 0.2) is 0 Å². The van der Waals surface area contributed by atoms with E-state index >= 15 is 0 Å². The smallest absolute Gasteiger partial charge is 0.274 e. The molecule has 0 aliphatic carbocycles. The highest BCUT2D eigenvalue weighted by atomic mass is 19.4. The topological polar surface area (TPSA) is 39.8 Å². The van der Waals surface area contributed by atoms with Crippen molar-refractivity contribution in [2.75, 3.05) is 0 Å². The Bertz CT molecular complexity index is 741. The molecule has 0 aliphatic heterocycles. The fraction of sp³-hybridized carbons (Fsp3) is 0.333. The summed E-state index contributed by atoms with van der Waals surface area (Å²) < 4.78 is 76.3. The summed E-state index contributed by atoms with van der Waals surface area (Å²) in [5, 5.41) is 3.13. The zero-order chi connectivity index (χ0) is 16.7. The number of hydrogen-bond donors (Lipinski definition) is 0. The Morgan fingerprint density at radius 2 is 1.73 bits per heavy atom. The van der Waals surface area contributed by atoms with Gasteiger partial charge in [-0.1, -0.05) is 12.1 Å². The van der Waals surface area contributed by atoms with Crippen LogP contribution in [0.15, 0.2) is 29.1 Å². The highest BCUT2D eigenvalue weighted by Crippen LogP contribution is 2.30. The molecule has 0 N–H and O–H groups in total. The predicted molar refractivity (Wildman–Crippen MR) is 63.0 cm³/mol. The zero-order valence-corrected chi connectivity index (χ0v) is 11.0. The van der Waals surface area contributed by atoms with Crippen LogP contribution in [0.4, 0.5) is 26.3 Å². The maximum Gasteiger partial charge on any atom is 0.451 e. The lowest BCUT2D eigenvalue weighted by atomic mass is 10.1. The number of aromatic nitrogens is 3. The van der Waals surface area contributed by atoms with Crippen molar-refractivity contribution >= 4 is 0 Å². The largest absolute Gasteiger partial charge is 0.451 e. The summed E-state index contributed by atoms with van der Waals surface area (Å²) in [6, 6.07) is 3.96. The van der Waals surface area contributed by atoms with E-state index in [9.17, 15) is 31.1 Å². The number of halogens is 6. The molecule has 1 aromatic carbocycles. The molecule has 0 atom stereocenters. The summed E-state index contributed by atoms with van der Waals surface area (Å²) in [6.07, 6.45) is -9.41. The molecular weight excluding hydrogens is 316 g/mol. The highest BCUT2D eigenvalue weighted by molar-refractivity contribution is 5.25. The molecule has 2 rings (SSSR count). The number of rotatable bonds is 2. The lowest BCUT2D eigenvalue weighted by Crippen LogP contribution is -2.24. The second-order valence-corrected chi connectivity index (χ2v) is 4.52. The molecule has 2 aromatic rings. The van der Waals surface area contributed by atoms with E-state index < -0.39 is 36.0 Å². The van der Waals surface area contributed by atoms with E-state index in [0.29, 0.717) is 9.25 Å². The van der Waals surface area contributed by atoms with E-state index in [1.165, 1.54) is 6.07 Å². The lowest BCUT2D eigenvalue weighted by molar-refractivity contribution is -0.147. The Labute approximate surface area is 119 Å². The van der Waals surface area contributed by atoms with Crippen molar-refractivity contribution in [2.24, 2.45) is 7.05 Å². The average molecular weight is 325 g/mol. The van der Waals surface area contributed by atoms with Crippen LogP contribution in [0.2, 0.25) is 0 Å². The lowest BCUT2D eigenvalue weighted by Gasteiger charge is -2.08. The summed E-state index contributed by atoms with van der Waals surface area (Å²) in [5.41, 5.74) is -2.00. The molecule has 0 fully saturated rings. The van der Waals surface area contributed by atoms with Crippen molar-refractivity contribution in [3.8, 4) is 0 Å². The molecule has 1 aromatic heterocycles. The molecule has 10 heteroatoms. The monoisotopic (exact) mass is 325 g/mol. The van der Waals surface area contributed by atoms with Gasteiger partial charge in [0.25, 0.3) is 0 Å². The van der Waals surface area contributed by atoms with Crippen molar-refractivity contribution in [2.45, 2.75) is 18.9 Å². The third-order valence-corrected chi connectivity index (χ3v) is 2.88. The minimum Gasteiger partial charge on any atom is -0.274 e. The van der Waals surface area contributed by atoms with Crippen molar-refractivity contribution < 1.29 is 26.3 Å². The van der Waals surface area contributed by atoms with Gasteiger partial charge in [0.05, 0.1) is 12.1 Å². The Morgan fingerprint density at radius 3 is 2.23 bits per heavy atom. The van der Waals surface area contributed by atoms with Gasteiger partial charge in [-0.25, -0.2) is 9.48 Å². The van der Waals surface area contributed by atoms with Crippen LogP contribution in [0.1, 0.15) is 17.0 Å². The third kappa shape index (κ3) is 3.15. The van der Waals surface area contributed by atoms with Gasteiger partial charge in [-0.3, -0.25) is 4.57 Å². The van der Waals surface area contributed by atoms with Gasteiger partial charge in [0, 0.05) is 7.05 Å². The van der Waals surface area contributed by atoms with Crippen LogP contribution in [0.25, 0.3) is 0 Å². The first-order chi connectivity index (χ1) is 10.00. The normalized spacial score (nSPS) is 12.7. The second-order valence-electron chi connectivity index (χ2n) is 4.52. The minimum absolute atomic E-state index is 0.0174. The van der Waals surface area contributed by atoms with E-state index in [0.717, 1.165) is 25.2 Å². The Kier molecular flexibility index (Phi) is 3.80. The van der Waals surface area contributed by atoms with Crippen molar-refractivity contribution in [1.29, 1.82) is 0 Å². The first-order valence-corrected chi connectivity index (χ1v) is 5.87. The minimum atomic E-state index is -4.83. The molecule has 0 spiro atoms. The molecule has 1 heterocycles. The van der Waals surface area contributed by atoms with Crippen LogP contribution < -0.4 is 5.69 Å². The first kappa shape index (κ1) is 16.1. The summed E-state index contributed by atoms with van der Waals surface area (Å²) in [5.74, 6) is -1.41. The van der Waals surface area contributed by atoms with Gasteiger partial charge >= 0.3 is 18.0 Å². The molecule has 4 nitrogen and oxygen atoms in total. The summed E-state index contributed by atoms with van der Waals surface area (Å²) in [7, 11) is 0.890. The maximum atomic E-state index is 12.6. The predicted octanol–water partition coefficient (Wildman–Crippen LogP) is 2.67. The van der Waals surface area contributed by atoms with Crippen LogP contribution in [0, 0.1) is 0 Å². The number of benzene rings is 1. The van der Waals surface area contributed by atoms with Crippen LogP contribution in [0.5, 0.6) is 0 Å². The number of hydrogen-bond acceptors (Lipinski definition) is 2. The molecular formula is C12H9F6N3O. The molecule has 0 amide bonds. The first-order valence-electron chi connectivity index (χ1n) is 5.87. The number of nitrogens with zero attached hydrogens (tertiary/aromatic N) is 3. The quantitative estimate of drug-likeness (QED) is 0.797. The maximum absolute atomic E-state index is 12.6. The SMILES string of the molecule is Cn1c(C(F)(F)F)nn(Cc2cccc(C(F)(F)F)c2)c1=O. The van der Waals surface area contributed by atoms with Crippen LogP contribution in [-0.4, -0.2) is 14.3 Å². The molecule has 0 radical (unpaired) electrons. The average Bonchev–Trinajstić information content (AvgIpc) is 2.66. The summed E-state index contributed by atoms with van der Waals surface area (Å²) in [6.45, 7) is -0.493. The molecule has 0 saturated carbocycles. The van der Waals surface area contributed by atoms with Gasteiger partial charge in [0.1, 0.15) is 0 Å². The second kappa shape index (κ2) is 5.18. The molecule has 0 unspecified atom stereocenters. The van der Waals surface area contributed by atoms with E-state index in [1.54, 1.807) is 0 Å². The molecule has 0 saturated heterocycles. The molecule has 0 bridgehead atoms. The van der Waals surface area contributed by atoms with Gasteiger partial charge < -0.3 is 0 Å². The third-order valence-electron chi connectivity index (χ3n) is 2.88. The molecule has 0 aliphatic rings. The van der Waals surface area contributed by atoms with Gasteiger partial charge in [-0.05, 0) is 17.7 Å².